The van der Waals surface area contributed by atoms with Crippen molar-refractivity contribution in [2.45, 2.75) is 24.8 Å². The molecule has 2 aliphatic heterocycles. The van der Waals surface area contributed by atoms with Gasteiger partial charge in [-0.3, -0.25) is 14.6 Å². The maximum Gasteiger partial charge on any atom is 0.242 e. The topological polar surface area (TPSA) is 82.2 Å². The quantitative estimate of drug-likeness (QED) is 0.663. The Balaban J connectivity index is 1.28. The van der Waals surface area contributed by atoms with Gasteiger partial charge < -0.3 is 10.1 Å². The number of rotatable bonds is 7. The molecule has 2 heterocycles. The van der Waals surface area contributed by atoms with E-state index in [1.54, 1.807) is 19.1 Å². The molecule has 0 aliphatic carbocycles. The van der Waals surface area contributed by atoms with E-state index in [1.807, 2.05) is 0 Å². The standard InChI is InChI=1S/C24H32N4O4S/c1-18-4-6-21(15-23(18)33(30,31)26(2)3)25-24(29)17-28-11-9-27(10-12-28)16-19-5-7-22-20(14-19)8-13-32-22/h4-7,14-15H,8-13,16-17H2,1-3H3,(H,25,29). The number of sulfonamides is 1. The lowest BCUT2D eigenvalue weighted by atomic mass is 10.1. The summed E-state index contributed by atoms with van der Waals surface area (Å²) < 4.78 is 31.8. The second-order valence-electron chi connectivity index (χ2n) is 8.91. The lowest BCUT2D eigenvalue weighted by Crippen LogP contribution is -2.48. The summed E-state index contributed by atoms with van der Waals surface area (Å²) in [5.74, 6) is 0.869. The Bertz CT molecular complexity index is 1130. The summed E-state index contributed by atoms with van der Waals surface area (Å²) in [5.41, 5.74) is 3.73. The first kappa shape index (κ1) is 23.7. The molecule has 9 heteroatoms. The van der Waals surface area contributed by atoms with Gasteiger partial charge in [0.25, 0.3) is 0 Å². The summed E-state index contributed by atoms with van der Waals surface area (Å²) in [6.45, 7) is 7.14. The number of fused-ring (bicyclic) bond motifs is 1. The molecule has 0 bridgehead atoms. The van der Waals surface area contributed by atoms with E-state index in [0.717, 1.165) is 51.5 Å². The van der Waals surface area contributed by atoms with Crippen LogP contribution in [0.3, 0.4) is 0 Å². The van der Waals surface area contributed by atoms with Gasteiger partial charge in [0.2, 0.25) is 15.9 Å². The third kappa shape index (κ3) is 5.55. The second kappa shape index (κ2) is 9.80. The van der Waals surface area contributed by atoms with Crippen LogP contribution in [0.25, 0.3) is 0 Å². The highest BCUT2D eigenvalue weighted by Gasteiger charge is 2.22. The summed E-state index contributed by atoms with van der Waals surface area (Å²) in [5, 5.41) is 2.85. The van der Waals surface area contributed by atoms with E-state index in [4.69, 9.17) is 4.74 Å². The fraction of sp³-hybridized carbons (Fsp3) is 0.458. The van der Waals surface area contributed by atoms with Crippen LogP contribution in [-0.4, -0.2) is 81.9 Å². The molecule has 1 N–H and O–H groups in total. The average molecular weight is 473 g/mol. The maximum absolute atomic E-state index is 12.6. The van der Waals surface area contributed by atoms with Crippen molar-refractivity contribution in [3.05, 3.63) is 53.1 Å². The Morgan fingerprint density at radius 2 is 1.79 bits per heavy atom. The van der Waals surface area contributed by atoms with Crippen molar-refractivity contribution < 1.29 is 17.9 Å². The first-order valence-electron chi connectivity index (χ1n) is 11.2. The largest absolute Gasteiger partial charge is 0.493 e. The summed E-state index contributed by atoms with van der Waals surface area (Å²) >= 11 is 0. The van der Waals surface area contributed by atoms with Gasteiger partial charge >= 0.3 is 0 Å². The Morgan fingerprint density at radius 1 is 1.06 bits per heavy atom. The Kier molecular flexibility index (Phi) is 7.04. The minimum Gasteiger partial charge on any atom is -0.493 e. The Hall–Kier alpha value is -2.46. The predicted octanol–water partition coefficient (Wildman–Crippen LogP) is 1.94. The van der Waals surface area contributed by atoms with Gasteiger partial charge in [0, 0.05) is 58.9 Å². The number of nitrogens with one attached hydrogen (secondary N) is 1. The number of carbonyl (C=O) groups excluding carboxylic acids is 1. The molecular weight excluding hydrogens is 440 g/mol. The van der Waals surface area contributed by atoms with Crippen LogP contribution >= 0.6 is 0 Å². The van der Waals surface area contributed by atoms with Crippen molar-refractivity contribution in [2.24, 2.45) is 0 Å². The van der Waals surface area contributed by atoms with E-state index in [-0.39, 0.29) is 17.3 Å². The molecule has 1 amide bonds. The molecule has 2 aromatic rings. The number of nitrogens with zero attached hydrogens (tertiary/aromatic N) is 3. The van der Waals surface area contributed by atoms with Gasteiger partial charge in [0.15, 0.2) is 0 Å². The lowest BCUT2D eigenvalue weighted by Gasteiger charge is -2.34. The van der Waals surface area contributed by atoms with Crippen molar-refractivity contribution in [1.29, 1.82) is 0 Å². The molecule has 0 unspecified atom stereocenters. The molecule has 0 atom stereocenters. The molecule has 8 nitrogen and oxygen atoms in total. The summed E-state index contributed by atoms with van der Waals surface area (Å²) in [4.78, 5) is 17.3. The van der Waals surface area contributed by atoms with E-state index < -0.39 is 10.0 Å². The molecule has 33 heavy (non-hydrogen) atoms. The van der Waals surface area contributed by atoms with Gasteiger partial charge in [0.05, 0.1) is 18.0 Å². The van der Waals surface area contributed by atoms with Crippen LogP contribution in [-0.2, 0) is 27.8 Å². The zero-order valence-electron chi connectivity index (χ0n) is 19.5. The molecule has 1 fully saturated rings. The normalized spacial score (nSPS) is 17.1. The fourth-order valence-electron chi connectivity index (χ4n) is 4.26. The van der Waals surface area contributed by atoms with Gasteiger partial charge in [-0.15, -0.1) is 0 Å². The number of ether oxygens (including phenoxy) is 1. The second-order valence-corrected chi connectivity index (χ2v) is 11.0. The number of piperazine rings is 1. The fourth-order valence-corrected chi connectivity index (χ4v) is 5.40. The molecule has 2 aromatic carbocycles. The van der Waals surface area contributed by atoms with E-state index in [2.05, 4.69) is 33.3 Å². The van der Waals surface area contributed by atoms with Crippen LogP contribution in [0.4, 0.5) is 5.69 Å². The molecule has 1 saturated heterocycles. The monoisotopic (exact) mass is 472 g/mol. The molecule has 0 spiro atoms. The van der Waals surface area contributed by atoms with Crippen LogP contribution in [0.1, 0.15) is 16.7 Å². The smallest absolute Gasteiger partial charge is 0.242 e. The molecule has 0 radical (unpaired) electrons. The lowest BCUT2D eigenvalue weighted by molar-refractivity contribution is -0.117. The molecule has 4 rings (SSSR count). The van der Waals surface area contributed by atoms with Crippen molar-refractivity contribution in [2.75, 3.05) is 58.7 Å². The number of hydrogen-bond donors (Lipinski definition) is 1. The van der Waals surface area contributed by atoms with Crippen molar-refractivity contribution in [1.82, 2.24) is 14.1 Å². The van der Waals surface area contributed by atoms with Gasteiger partial charge in [-0.2, -0.15) is 0 Å². The van der Waals surface area contributed by atoms with Crippen LogP contribution in [0.5, 0.6) is 5.75 Å². The molecule has 2 aliphatic rings. The van der Waals surface area contributed by atoms with Crippen molar-refractivity contribution >= 4 is 21.6 Å². The molecule has 178 valence electrons. The zero-order chi connectivity index (χ0) is 23.6. The van der Waals surface area contributed by atoms with Crippen LogP contribution in [0, 0.1) is 6.92 Å². The molecule has 0 saturated carbocycles. The number of aryl methyl sites for hydroxylation is 1. The summed E-state index contributed by atoms with van der Waals surface area (Å²) in [6.07, 6.45) is 0.982. The van der Waals surface area contributed by atoms with Crippen LogP contribution in [0.15, 0.2) is 41.3 Å². The maximum atomic E-state index is 12.6. The van der Waals surface area contributed by atoms with Crippen LogP contribution < -0.4 is 10.1 Å². The van der Waals surface area contributed by atoms with Crippen molar-refractivity contribution in [3.63, 3.8) is 0 Å². The molecule has 0 aromatic heterocycles. The van der Waals surface area contributed by atoms with E-state index >= 15 is 0 Å². The number of benzene rings is 2. The van der Waals surface area contributed by atoms with E-state index in [0.29, 0.717) is 11.3 Å². The number of anilines is 1. The SMILES string of the molecule is Cc1ccc(NC(=O)CN2CCN(Cc3ccc4c(c3)CCO4)CC2)cc1S(=O)(=O)N(C)C. The number of amides is 1. The van der Waals surface area contributed by atoms with E-state index in [9.17, 15) is 13.2 Å². The first-order chi connectivity index (χ1) is 15.7. The predicted molar refractivity (Wildman–Crippen MR) is 128 cm³/mol. The van der Waals surface area contributed by atoms with Crippen LogP contribution in [0.2, 0.25) is 0 Å². The number of carbonyl (C=O) groups is 1. The highest BCUT2D eigenvalue weighted by atomic mass is 32.2. The van der Waals surface area contributed by atoms with Gasteiger partial charge in [-0.05, 0) is 41.8 Å². The highest BCUT2D eigenvalue weighted by molar-refractivity contribution is 7.89. The highest BCUT2D eigenvalue weighted by Crippen LogP contribution is 2.26. The van der Waals surface area contributed by atoms with Gasteiger partial charge in [-0.1, -0.05) is 18.2 Å². The zero-order valence-corrected chi connectivity index (χ0v) is 20.3. The van der Waals surface area contributed by atoms with Crippen molar-refractivity contribution in [3.8, 4) is 5.75 Å². The van der Waals surface area contributed by atoms with Gasteiger partial charge in [0.1, 0.15) is 5.75 Å². The average Bonchev–Trinajstić information content (AvgIpc) is 3.24. The third-order valence-electron chi connectivity index (χ3n) is 6.22. The minimum atomic E-state index is -3.57. The number of hydrogen-bond acceptors (Lipinski definition) is 6. The summed E-state index contributed by atoms with van der Waals surface area (Å²) in [6, 6.07) is 11.4. The Morgan fingerprint density at radius 3 is 2.52 bits per heavy atom. The van der Waals surface area contributed by atoms with E-state index in [1.165, 1.54) is 35.6 Å². The summed E-state index contributed by atoms with van der Waals surface area (Å²) in [7, 11) is -0.573. The minimum absolute atomic E-state index is 0.140. The Labute approximate surface area is 196 Å². The molecular formula is C24H32N4O4S. The third-order valence-corrected chi connectivity index (χ3v) is 8.18. The first-order valence-corrected chi connectivity index (χ1v) is 12.7. The van der Waals surface area contributed by atoms with Gasteiger partial charge in [-0.25, -0.2) is 12.7 Å².